The van der Waals surface area contributed by atoms with Crippen LogP contribution < -0.4 is 0 Å². The number of aliphatic hydroxyl groups is 11. The number of aliphatic hydroxyl groups excluding tert-OH is 9. The zero-order chi connectivity index (χ0) is 32.5. The van der Waals surface area contributed by atoms with E-state index in [2.05, 4.69) is 8.37 Å². The molecule has 11 N–H and O–H groups in total. The number of ether oxygens (including phenoxy) is 4. The summed E-state index contributed by atoms with van der Waals surface area (Å²) in [6.07, 6.45) is -22.7. The second-order valence-electron chi connectivity index (χ2n) is 10.3. The largest absolute Gasteiger partial charge is 0.406 e. The Morgan fingerprint density at radius 1 is 0.837 bits per heavy atom. The van der Waals surface area contributed by atoms with Gasteiger partial charge in [-0.25, -0.2) is 4.18 Å². The molecule has 0 spiro atoms. The molecule has 3 fully saturated rings. The molecule has 0 bridgehead atoms. The van der Waals surface area contributed by atoms with Crippen molar-refractivity contribution >= 4 is 16.2 Å². The van der Waals surface area contributed by atoms with Gasteiger partial charge in [0.1, 0.15) is 61.0 Å². The van der Waals surface area contributed by atoms with E-state index in [0.717, 1.165) is 0 Å². The Balaban J connectivity index is 1.66. The molecule has 14 atom stereocenters. The molecule has 0 aliphatic carbocycles. The number of carbonyl (C=O) groups is 1. The van der Waals surface area contributed by atoms with E-state index in [-0.39, 0.29) is 6.42 Å². The first-order valence-electron chi connectivity index (χ1n) is 13.2. The van der Waals surface area contributed by atoms with Gasteiger partial charge in [0, 0.05) is 6.42 Å². The highest BCUT2D eigenvalue weighted by atomic mass is 32.3. The molecule has 0 unspecified atom stereocenters. The van der Waals surface area contributed by atoms with Gasteiger partial charge in [0.25, 0.3) is 5.79 Å². The Hall–Kier alpha value is -1.06. The summed E-state index contributed by atoms with van der Waals surface area (Å²) < 4.78 is 53.1. The van der Waals surface area contributed by atoms with E-state index in [4.69, 9.17) is 18.9 Å². The Labute approximate surface area is 244 Å². The van der Waals surface area contributed by atoms with E-state index >= 15 is 0 Å². The quantitative estimate of drug-likeness (QED) is 0.0878. The number of hydrogen-bond acceptors (Lipinski definition) is 20. The van der Waals surface area contributed by atoms with Crippen molar-refractivity contribution in [1.82, 2.24) is 0 Å². The van der Waals surface area contributed by atoms with Gasteiger partial charge in [0.15, 0.2) is 18.4 Å². The smallest absolute Gasteiger partial charge is 0.394 e. The summed E-state index contributed by atoms with van der Waals surface area (Å²) in [6.45, 7) is -0.956. The van der Waals surface area contributed by atoms with Gasteiger partial charge < -0.3 is 75.1 Å². The first-order valence-corrected chi connectivity index (χ1v) is 14.5. The molecule has 252 valence electrons. The van der Waals surface area contributed by atoms with Gasteiger partial charge in [0.2, 0.25) is 0 Å². The van der Waals surface area contributed by atoms with Crippen LogP contribution in [0.2, 0.25) is 0 Å². The first kappa shape index (κ1) is 36.4. The van der Waals surface area contributed by atoms with Crippen LogP contribution in [-0.2, 0) is 42.5 Å². The van der Waals surface area contributed by atoms with Gasteiger partial charge in [0.05, 0.1) is 19.8 Å². The minimum absolute atomic E-state index is 0.120. The summed E-state index contributed by atoms with van der Waals surface area (Å²) >= 11 is 0. The number of hydrogen-bond donors (Lipinski definition) is 11. The zero-order valence-electron chi connectivity index (χ0n) is 22.7. The minimum Gasteiger partial charge on any atom is -0.394 e. The fourth-order valence-corrected chi connectivity index (χ4v) is 5.64. The standard InChI is InChI=1S/C22H38O20S/c1-2-3-4-11(25)21(33)22(34,42-43(35,36)41-21)18(32)8(24)6-37-19-17(31)15(29)13(27)10(40-19)7-38-20-16(30)14(28)12(26)9(5-23)39-20/h8-10,12-20,23-24,26-34H,2-7H2,1H3/t8-,9-,10-,12-,13-,14+,15+,16-,17-,18-,19+,20+,21-,22+/m1/s1. The molecule has 0 saturated carbocycles. The van der Waals surface area contributed by atoms with E-state index in [9.17, 15) is 69.4 Å². The first-order chi connectivity index (χ1) is 19.9. The second kappa shape index (κ2) is 14.1. The van der Waals surface area contributed by atoms with Crippen molar-refractivity contribution in [3.63, 3.8) is 0 Å². The number of ketones is 1. The van der Waals surface area contributed by atoms with Gasteiger partial charge in [-0.15, -0.1) is 0 Å². The van der Waals surface area contributed by atoms with Crippen molar-refractivity contribution in [3.8, 4) is 0 Å². The maximum Gasteiger partial charge on any atom is 0.406 e. The van der Waals surface area contributed by atoms with Crippen LogP contribution in [0.4, 0.5) is 0 Å². The third-order valence-electron chi connectivity index (χ3n) is 7.21. The summed E-state index contributed by atoms with van der Waals surface area (Å²) in [4.78, 5) is 12.5. The average Bonchev–Trinajstić information content (AvgIpc) is 3.16. The molecule has 3 aliphatic rings. The Morgan fingerprint density at radius 3 is 1.93 bits per heavy atom. The molecule has 0 aromatic rings. The highest BCUT2D eigenvalue weighted by molar-refractivity contribution is 7.82. The van der Waals surface area contributed by atoms with E-state index in [1.54, 1.807) is 6.92 Å². The summed E-state index contributed by atoms with van der Waals surface area (Å²) in [7, 11) is -5.25. The SMILES string of the molecule is CCCCC(=O)[C@@]1(O)OS(=O)(=O)O[C@@]1(O)[C@H](O)[C@H](O)CO[C@H]1O[C@H](CO[C@H]2O[C@H](CO)[C@@H](O)[C@H](O)[C@H]2O)[C@@H](O)[C@H](O)[C@H]1O. The molecular formula is C22H38O20S. The lowest BCUT2D eigenvalue weighted by atomic mass is 9.90. The molecule has 3 saturated heterocycles. The van der Waals surface area contributed by atoms with Crippen molar-refractivity contribution in [2.45, 2.75) is 111 Å². The number of rotatable bonds is 13. The third kappa shape index (κ3) is 7.34. The lowest BCUT2D eigenvalue weighted by molar-refractivity contribution is -0.341. The van der Waals surface area contributed by atoms with Crippen molar-refractivity contribution in [3.05, 3.63) is 0 Å². The number of carbonyl (C=O) groups excluding carboxylic acids is 1. The van der Waals surface area contributed by atoms with E-state index in [1.807, 2.05) is 0 Å². The predicted molar refractivity (Wildman–Crippen MR) is 130 cm³/mol. The lowest BCUT2D eigenvalue weighted by Gasteiger charge is -2.43. The van der Waals surface area contributed by atoms with Crippen LogP contribution in [0.15, 0.2) is 0 Å². The molecular weight excluding hydrogens is 616 g/mol. The van der Waals surface area contributed by atoms with Crippen LogP contribution in [0.25, 0.3) is 0 Å². The Morgan fingerprint density at radius 2 is 1.37 bits per heavy atom. The molecule has 0 amide bonds. The van der Waals surface area contributed by atoms with Crippen LogP contribution in [-0.4, -0.2) is 175 Å². The summed E-state index contributed by atoms with van der Waals surface area (Å²) in [5.74, 6) is -8.80. The van der Waals surface area contributed by atoms with Crippen LogP contribution in [0.1, 0.15) is 26.2 Å². The highest BCUT2D eigenvalue weighted by Gasteiger charge is 2.72. The molecule has 3 heterocycles. The van der Waals surface area contributed by atoms with E-state index in [1.165, 1.54) is 0 Å². The predicted octanol–water partition coefficient (Wildman–Crippen LogP) is -7.22. The normalized spacial score (nSPS) is 44.7. The molecule has 21 heteroatoms. The maximum atomic E-state index is 12.5. The lowest BCUT2D eigenvalue weighted by Crippen LogP contribution is -2.66. The summed E-state index contributed by atoms with van der Waals surface area (Å²) in [5.41, 5.74) is 0. The molecule has 20 nitrogen and oxygen atoms in total. The molecule has 3 rings (SSSR count). The van der Waals surface area contributed by atoms with Crippen molar-refractivity contribution in [2.24, 2.45) is 0 Å². The van der Waals surface area contributed by atoms with Crippen molar-refractivity contribution in [1.29, 1.82) is 0 Å². The van der Waals surface area contributed by atoms with Gasteiger partial charge in [-0.2, -0.15) is 12.6 Å². The number of unbranched alkanes of at least 4 members (excludes halogenated alkanes) is 1. The average molecular weight is 655 g/mol. The molecule has 3 aliphatic heterocycles. The Bertz CT molecular complexity index is 1040. The van der Waals surface area contributed by atoms with Gasteiger partial charge >= 0.3 is 16.2 Å². The van der Waals surface area contributed by atoms with Gasteiger partial charge in [-0.05, 0) is 6.42 Å². The van der Waals surface area contributed by atoms with Crippen LogP contribution in [0.5, 0.6) is 0 Å². The molecule has 0 radical (unpaired) electrons. The maximum absolute atomic E-state index is 12.5. The fraction of sp³-hybridized carbons (Fsp3) is 0.955. The number of Topliss-reactive ketones (excluding diaryl/α,β-unsaturated/α-hetero) is 1. The summed E-state index contributed by atoms with van der Waals surface area (Å²) in [6, 6.07) is 0. The Kier molecular flexibility index (Phi) is 12.0. The third-order valence-corrected chi connectivity index (χ3v) is 8.11. The van der Waals surface area contributed by atoms with Gasteiger partial charge in [-0.3, -0.25) is 4.79 Å². The van der Waals surface area contributed by atoms with Crippen molar-refractivity contribution in [2.75, 3.05) is 19.8 Å². The van der Waals surface area contributed by atoms with E-state index in [0.29, 0.717) is 6.42 Å². The van der Waals surface area contributed by atoms with E-state index < -0.39 is 128 Å². The van der Waals surface area contributed by atoms with Crippen LogP contribution >= 0.6 is 0 Å². The fourth-order valence-electron chi connectivity index (χ4n) is 4.57. The molecule has 0 aromatic carbocycles. The van der Waals surface area contributed by atoms with Gasteiger partial charge in [-0.1, -0.05) is 13.3 Å². The highest BCUT2D eigenvalue weighted by Crippen LogP contribution is 2.42. The topological polar surface area (TPSA) is 329 Å². The van der Waals surface area contributed by atoms with Crippen LogP contribution in [0.3, 0.4) is 0 Å². The molecule has 0 aromatic heterocycles. The van der Waals surface area contributed by atoms with Crippen LogP contribution in [0, 0.1) is 0 Å². The second-order valence-corrected chi connectivity index (χ2v) is 11.5. The minimum atomic E-state index is -5.25. The van der Waals surface area contributed by atoms with Crippen molar-refractivity contribution < 1.29 is 96.7 Å². The molecule has 43 heavy (non-hydrogen) atoms. The zero-order valence-corrected chi connectivity index (χ0v) is 23.5. The monoisotopic (exact) mass is 654 g/mol. The summed E-state index contributed by atoms with van der Waals surface area (Å²) in [5, 5.41) is 112.